The quantitative estimate of drug-likeness (QED) is 0.462. The second-order valence-corrected chi connectivity index (χ2v) is 9.30. The highest BCUT2D eigenvalue weighted by molar-refractivity contribution is 7.33. The van der Waals surface area contributed by atoms with E-state index in [1.54, 1.807) is 11.3 Å². The van der Waals surface area contributed by atoms with E-state index in [0.717, 1.165) is 26.1 Å². The third-order valence-corrected chi connectivity index (χ3v) is 7.95. The lowest BCUT2D eigenvalue weighted by atomic mass is 10.2. The summed E-state index contributed by atoms with van der Waals surface area (Å²) in [7, 11) is 0. The monoisotopic (exact) mass is 411 g/mol. The number of carbonyl (C=O) groups is 1. The van der Waals surface area contributed by atoms with Crippen LogP contribution in [0.2, 0.25) is 0 Å². The number of aromatic nitrogens is 2. The molecule has 0 fully saturated rings. The van der Waals surface area contributed by atoms with Crippen LogP contribution >= 0.6 is 34.0 Å². The first-order valence-corrected chi connectivity index (χ1v) is 10.8. The van der Waals surface area contributed by atoms with Gasteiger partial charge in [0.1, 0.15) is 11.2 Å². The van der Waals surface area contributed by atoms with Gasteiger partial charge in [-0.1, -0.05) is 25.1 Å². The Labute approximate surface area is 165 Å². The first-order chi connectivity index (χ1) is 13.1. The van der Waals surface area contributed by atoms with Crippen molar-refractivity contribution >= 4 is 69.6 Å². The summed E-state index contributed by atoms with van der Waals surface area (Å²) in [5, 5.41) is 1.70. The first kappa shape index (κ1) is 16.6. The molecule has 4 heterocycles. The molecular weight excluding hydrogens is 398 g/mol. The Morgan fingerprint density at radius 3 is 2.81 bits per heavy atom. The molecule has 0 saturated heterocycles. The van der Waals surface area contributed by atoms with Crippen LogP contribution in [0.4, 0.5) is 0 Å². The van der Waals surface area contributed by atoms with Gasteiger partial charge < -0.3 is 0 Å². The average molecular weight is 412 g/mol. The van der Waals surface area contributed by atoms with Crippen molar-refractivity contribution in [2.75, 3.05) is 5.43 Å². The number of fused-ring (bicyclic) bond motifs is 4. The zero-order chi connectivity index (χ0) is 18.5. The Kier molecular flexibility index (Phi) is 3.85. The van der Waals surface area contributed by atoms with Crippen LogP contribution in [-0.4, -0.2) is 15.6 Å². The Hall–Kier alpha value is -2.55. The molecule has 0 aliphatic carbocycles. The fourth-order valence-corrected chi connectivity index (χ4v) is 6.34. The summed E-state index contributed by atoms with van der Waals surface area (Å²) in [6.07, 6.45) is 2.23. The summed E-state index contributed by atoms with van der Waals surface area (Å²) in [6.45, 7) is 2.04. The van der Waals surface area contributed by atoms with Crippen LogP contribution in [-0.2, 0) is 6.42 Å². The van der Waals surface area contributed by atoms with Gasteiger partial charge >= 0.3 is 0 Å². The number of nitrogens with zero attached hydrogens (tertiary/aromatic N) is 2. The highest BCUT2D eigenvalue weighted by Crippen LogP contribution is 2.39. The van der Waals surface area contributed by atoms with Crippen molar-refractivity contribution in [2.45, 2.75) is 13.3 Å². The molecule has 1 N–H and O–H groups in total. The zero-order valence-electron chi connectivity index (χ0n) is 14.2. The molecule has 0 radical (unpaired) electrons. The number of thiophene rings is 3. The molecule has 5 nitrogen and oxygen atoms in total. The van der Waals surface area contributed by atoms with Crippen molar-refractivity contribution in [3.05, 3.63) is 62.8 Å². The van der Waals surface area contributed by atoms with Gasteiger partial charge in [0, 0.05) is 19.7 Å². The van der Waals surface area contributed by atoms with Gasteiger partial charge in [0.2, 0.25) is 0 Å². The van der Waals surface area contributed by atoms with E-state index in [4.69, 9.17) is 0 Å². The fraction of sp³-hybridized carbons (Fsp3) is 0.105. The normalized spacial score (nSPS) is 11.6. The third-order valence-electron chi connectivity index (χ3n) is 4.35. The summed E-state index contributed by atoms with van der Waals surface area (Å²) in [6, 6.07) is 11.9. The van der Waals surface area contributed by atoms with Gasteiger partial charge in [-0.15, -0.1) is 34.0 Å². The molecule has 0 spiro atoms. The smallest absolute Gasteiger partial charge is 0.267 e. The first-order valence-electron chi connectivity index (χ1n) is 8.36. The second kappa shape index (κ2) is 6.26. The minimum Gasteiger partial charge on any atom is -0.267 e. The zero-order valence-corrected chi connectivity index (χ0v) is 16.6. The number of hydrogen-bond donors (Lipinski definition) is 1. The molecule has 0 bridgehead atoms. The van der Waals surface area contributed by atoms with E-state index in [9.17, 15) is 9.59 Å². The predicted octanol–water partition coefficient (Wildman–Crippen LogP) is 4.83. The molecule has 0 saturated carbocycles. The van der Waals surface area contributed by atoms with Gasteiger partial charge in [-0.05, 0) is 24.6 Å². The molecule has 134 valence electrons. The lowest BCUT2D eigenvalue weighted by Gasteiger charge is -2.05. The highest BCUT2D eigenvalue weighted by atomic mass is 32.1. The highest BCUT2D eigenvalue weighted by Gasteiger charge is 2.16. The lowest BCUT2D eigenvalue weighted by Crippen LogP contribution is -2.32. The van der Waals surface area contributed by atoms with Crippen molar-refractivity contribution in [1.82, 2.24) is 9.66 Å². The summed E-state index contributed by atoms with van der Waals surface area (Å²) in [5.41, 5.74) is 2.41. The molecule has 8 heteroatoms. The van der Waals surface area contributed by atoms with Crippen LogP contribution in [0.1, 0.15) is 21.5 Å². The van der Waals surface area contributed by atoms with Crippen LogP contribution in [0, 0.1) is 0 Å². The van der Waals surface area contributed by atoms with E-state index in [1.807, 2.05) is 31.2 Å². The van der Waals surface area contributed by atoms with Crippen LogP contribution in [0.3, 0.4) is 0 Å². The maximum atomic E-state index is 12.7. The van der Waals surface area contributed by atoms with E-state index in [2.05, 4.69) is 22.5 Å². The molecule has 1 aromatic carbocycles. The third kappa shape index (κ3) is 2.68. The van der Waals surface area contributed by atoms with Gasteiger partial charge in [0.15, 0.2) is 0 Å². The van der Waals surface area contributed by atoms with E-state index in [-0.39, 0.29) is 11.5 Å². The maximum absolute atomic E-state index is 12.7. The van der Waals surface area contributed by atoms with E-state index < -0.39 is 0 Å². The number of hydrogen-bond acceptors (Lipinski definition) is 6. The minimum atomic E-state index is -0.304. The number of benzene rings is 1. The van der Waals surface area contributed by atoms with Gasteiger partial charge in [0.25, 0.3) is 11.5 Å². The largest absolute Gasteiger partial charge is 0.280 e. The number of rotatable bonds is 3. The van der Waals surface area contributed by atoms with Crippen LogP contribution in [0.25, 0.3) is 29.7 Å². The number of carbonyl (C=O) groups excluding carboxylic acids is 1. The number of aryl methyl sites for hydroxylation is 1. The van der Waals surface area contributed by atoms with Crippen LogP contribution < -0.4 is 11.0 Å². The summed E-state index contributed by atoms with van der Waals surface area (Å²) in [5.74, 6) is -0.304. The summed E-state index contributed by atoms with van der Waals surface area (Å²) >= 11 is 4.62. The summed E-state index contributed by atoms with van der Waals surface area (Å²) < 4.78 is 4.56. The molecular formula is C19H13N3O2S3. The molecule has 0 atom stereocenters. The van der Waals surface area contributed by atoms with E-state index in [1.165, 1.54) is 38.4 Å². The Balaban J connectivity index is 1.51. The average Bonchev–Trinajstić information content (AvgIpc) is 3.36. The second-order valence-electron chi connectivity index (χ2n) is 6.05. The van der Waals surface area contributed by atoms with E-state index in [0.29, 0.717) is 15.1 Å². The Bertz CT molecular complexity index is 1390. The van der Waals surface area contributed by atoms with Crippen molar-refractivity contribution in [3.63, 3.8) is 0 Å². The van der Waals surface area contributed by atoms with Gasteiger partial charge in [-0.2, -0.15) is 0 Å². The lowest BCUT2D eigenvalue weighted by molar-refractivity contribution is 0.101. The van der Waals surface area contributed by atoms with Crippen LogP contribution in [0.5, 0.6) is 0 Å². The SMILES string of the molecule is CCc1cc2c(=O)n(NC(=O)c3cc4sc5ccccc5c4s3)cnc2s1. The topological polar surface area (TPSA) is 64.0 Å². The molecule has 5 aromatic rings. The fourth-order valence-electron chi connectivity index (χ4n) is 3.00. The number of amides is 1. The van der Waals surface area contributed by atoms with Gasteiger partial charge in [-0.25, -0.2) is 9.66 Å². The molecule has 1 amide bonds. The minimum absolute atomic E-state index is 0.256. The molecule has 0 unspecified atom stereocenters. The predicted molar refractivity (Wildman–Crippen MR) is 114 cm³/mol. The van der Waals surface area contributed by atoms with Crippen molar-refractivity contribution < 1.29 is 4.79 Å². The molecule has 5 rings (SSSR count). The Morgan fingerprint density at radius 2 is 1.96 bits per heavy atom. The van der Waals surface area contributed by atoms with Crippen molar-refractivity contribution in [1.29, 1.82) is 0 Å². The number of nitrogens with one attached hydrogen (secondary N) is 1. The Morgan fingerprint density at radius 1 is 1.11 bits per heavy atom. The summed E-state index contributed by atoms with van der Waals surface area (Å²) in [4.78, 5) is 32.0. The standard InChI is InChI=1S/C19H13N3O2S3/c1-2-10-7-12-18(25-10)20-9-22(19(12)24)21-17(23)15-8-14-16(27-15)11-5-3-4-6-13(11)26-14/h3-9H,2H2,1H3,(H,21,23). The van der Waals surface area contributed by atoms with Crippen LogP contribution in [0.15, 0.2) is 47.5 Å². The van der Waals surface area contributed by atoms with Crippen molar-refractivity contribution in [3.8, 4) is 0 Å². The van der Waals surface area contributed by atoms with E-state index >= 15 is 0 Å². The molecule has 27 heavy (non-hydrogen) atoms. The molecule has 0 aliphatic rings. The van der Waals surface area contributed by atoms with Gasteiger partial charge in [0.05, 0.1) is 15.0 Å². The molecule has 4 aromatic heterocycles. The maximum Gasteiger partial charge on any atom is 0.280 e. The van der Waals surface area contributed by atoms with Crippen molar-refractivity contribution in [2.24, 2.45) is 0 Å². The van der Waals surface area contributed by atoms with Gasteiger partial charge in [-0.3, -0.25) is 15.0 Å². The molecule has 0 aliphatic heterocycles.